The Kier molecular flexibility index (Phi) is 6.93. The van der Waals surface area contributed by atoms with E-state index in [0.717, 1.165) is 51.3 Å². The number of aliphatic hydroxyl groups excluding tert-OH is 1. The minimum Gasteiger partial charge on any atom is -0.394 e. The zero-order chi connectivity index (χ0) is 14.0. The van der Waals surface area contributed by atoms with Crippen molar-refractivity contribution in [1.82, 2.24) is 20.3 Å². The fourth-order valence-corrected chi connectivity index (χ4v) is 2.14. The Labute approximate surface area is 119 Å². The van der Waals surface area contributed by atoms with Gasteiger partial charge in [-0.3, -0.25) is 0 Å². The molecule has 2 rings (SSSR count). The number of hydrogen-bond acceptors (Lipinski definition) is 6. The van der Waals surface area contributed by atoms with Crippen molar-refractivity contribution in [3.8, 4) is 0 Å². The van der Waals surface area contributed by atoms with Gasteiger partial charge in [-0.15, -0.1) is 5.10 Å². The first-order valence-corrected chi connectivity index (χ1v) is 7.28. The lowest BCUT2D eigenvalue weighted by Gasteiger charge is -2.09. The summed E-state index contributed by atoms with van der Waals surface area (Å²) in [4.78, 5) is 0. The van der Waals surface area contributed by atoms with Gasteiger partial charge in [-0.1, -0.05) is 5.21 Å². The van der Waals surface area contributed by atoms with E-state index in [1.807, 2.05) is 6.20 Å². The zero-order valence-corrected chi connectivity index (χ0v) is 11.8. The largest absolute Gasteiger partial charge is 0.394 e. The molecule has 1 aromatic rings. The fourth-order valence-electron chi connectivity index (χ4n) is 2.14. The molecule has 1 aliphatic heterocycles. The summed E-state index contributed by atoms with van der Waals surface area (Å²) in [5, 5.41) is 20.0. The van der Waals surface area contributed by atoms with E-state index in [4.69, 9.17) is 14.6 Å². The smallest absolute Gasteiger partial charge is 0.0964 e. The third-order valence-electron chi connectivity index (χ3n) is 3.19. The molecule has 1 unspecified atom stereocenters. The summed E-state index contributed by atoms with van der Waals surface area (Å²) in [7, 11) is 0. The van der Waals surface area contributed by atoms with Gasteiger partial charge in [-0.2, -0.15) is 0 Å². The van der Waals surface area contributed by atoms with Crippen LogP contribution < -0.4 is 5.32 Å². The fraction of sp³-hybridized carbons (Fsp3) is 0.846. The average Bonchev–Trinajstić information content (AvgIpc) is 3.10. The van der Waals surface area contributed by atoms with Crippen LogP contribution in [0.2, 0.25) is 0 Å². The molecule has 0 bridgehead atoms. The maximum atomic E-state index is 8.78. The number of ether oxygens (including phenoxy) is 2. The molecular formula is C13H24N4O3. The summed E-state index contributed by atoms with van der Waals surface area (Å²) in [6, 6.07) is 0. The van der Waals surface area contributed by atoms with Crippen molar-refractivity contribution in [2.24, 2.45) is 0 Å². The van der Waals surface area contributed by atoms with Crippen molar-refractivity contribution in [2.45, 2.75) is 38.5 Å². The summed E-state index contributed by atoms with van der Waals surface area (Å²) < 4.78 is 12.7. The van der Waals surface area contributed by atoms with E-state index >= 15 is 0 Å². The highest BCUT2D eigenvalue weighted by Gasteiger charge is 2.14. The van der Waals surface area contributed by atoms with E-state index in [-0.39, 0.29) is 6.61 Å². The van der Waals surface area contributed by atoms with Crippen molar-refractivity contribution in [2.75, 3.05) is 33.0 Å². The Balaban J connectivity index is 1.44. The second-order valence-electron chi connectivity index (χ2n) is 4.94. The van der Waals surface area contributed by atoms with Gasteiger partial charge in [0.05, 0.1) is 31.6 Å². The Morgan fingerprint density at radius 1 is 1.55 bits per heavy atom. The third-order valence-corrected chi connectivity index (χ3v) is 3.19. The van der Waals surface area contributed by atoms with E-state index in [1.54, 1.807) is 4.68 Å². The molecule has 0 aromatic carbocycles. The van der Waals surface area contributed by atoms with Gasteiger partial charge >= 0.3 is 0 Å². The molecule has 0 aliphatic carbocycles. The quantitative estimate of drug-likeness (QED) is 0.586. The van der Waals surface area contributed by atoms with Gasteiger partial charge in [0.15, 0.2) is 0 Å². The molecule has 0 saturated carbocycles. The Morgan fingerprint density at radius 2 is 2.50 bits per heavy atom. The lowest BCUT2D eigenvalue weighted by Crippen LogP contribution is -2.19. The molecule has 0 amide bonds. The molecule has 2 heterocycles. The number of rotatable bonds is 10. The summed E-state index contributed by atoms with van der Waals surface area (Å²) in [5.41, 5.74) is 0.888. The predicted octanol–water partition coefficient (Wildman–Crippen LogP) is -0.0543. The summed E-state index contributed by atoms with van der Waals surface area (Å²) >= 11 is 0. The summed E-state index contributed by atoms with van der Waals surface area (Å²) in [5.74, 6) is 0. The van der Waals surface area contributed by atoms with Crippen LogP contribution >= 0.6 is 0 Å². The van der Waals surface area contributed by atoms with Crippen molar-refractivity contribution >= 4 is 0 Å². The highest BCUT2D eigenvalue weighted by molar-refractivity contribution is 4.91. The van der Waals surface area contributed by atoms with Gasteiger partial charge in [-0.25, -0.2) is 4.68 Å². The number of aliphatic hydroxyl groups is 1. The minimum atomic E-state index is 0.0816. The standard InChI is InChI=1S/C13H24N4O3/c18-6-5-17-10-12(15-16-17)9-14-4-2-7-19-11-13-3-1-8-20-13/h10,13-14,18H,1-9,11H2. The number of hydrogen-bond donors (Lipinski definition) is 2. The summed E-state index contributed by atoms with van der Waals surface area (Å²) in [6.45, 7) is 4.50. The first-order valence-electron chi connectivity index (χ1n) is 7.28. The molecule has 20 heavy (non-hydrogen) atoms. The maximum Gasteiger partial charge on any atom is 0.0964 e. The highest BCUT2D eigenvalue weighted by Crippen LogP contribution is 2.11. The molecule has 7 nitrogen and oxygen atoms in total. The number of nitrogens with one attached hydrogen (secondary N) is 1. The predicted molar refractivity (Wildman–Crippen MR) is 73.2 cm³/mol. The Morgan fingerprint density at radius 3 is 3.30 bits per heavy atom. The van der Waals surface area contributed by atoms with Gasteiger partial charge in [-0.05, 0) is 25.8 Å². The van der Waals surface area contributed by atoms with Crippen LogP contribution in [0.15, 0.2) is 6.20 Å². The van der Waals surface area contributed by atoms with E-state index in [9.17, 15) is 0 Å². The van der Waals surface area contributed by atoms with Gasteiger partial charge in [0.2, 0.25) is 0 Å². The van der Waals surface area contributed by atoms with Crippen molar-refractivity contribution < 1.29 is 14.6 Å². The van der Waals surface area contributed by atoms with Crippen LogP contribution in [-0.4, -0.2) is 59.2 Å². The molecule has 1 fully saturated rings. The normalized spacial score (nSPS) is 18.8. The number of nitrogens with zero attached hydrogens (tertiary/aromatic N) is 3. The topological polar surface area (TPSA) is 81.4 Å². The van der Waals surface area contributed by atoms with Gasteiger partial charge in [0.1, 0.15) is 0 Å². The monoisotopic (exact) mass is 284 g/mol. The van der Waals surface area contributed by atoms with Crippen molar-refractivity contribution in [3.05, 3.63) is 11.9 Å². The third kappa shape index (κ3) is 5.54. The van der Waals surface area contributed by atoms with Crippen molar-refractivity contribution in [3.63, 3.8) is 0 Å². The highest BCUT2D eigenvalue weighted by atomic mass is 16.5. The van der Waals surface area contributed by atoms with Gasteiger partial charge in [0.25, 0.3) is 0 Å². The first kappa shape index (κ1) is 15.4. The van der Waals surface area contributed by atoms with Crippen LogP contribution in [0.3, 0.4) is 0 Å². The summed E-state index contributed by atoms with van der Waals surface area (Å²) in [6.07, 6.45) is 5.41. The lowest BCUT2D eigenvalue weighted by molar-refractivity contribution is 0.0166. The first-order chi connectivity index (χ1) is 9.88. The molecule has 1 aliphatic rings. The van der Waals surface area contributed by atoms with Gasteiger partial charge < -0.3 is 19.9 Å². The maximum absolute atomic E-state index is 8.78. The number of aromatic nitrogens is 3. The molecular weight excluding hydrogens is 260 g/mol. The van der Waals surface area contributed by atoms with Crippen LogP contribution in [0.25, 0.3) is 0 Å². The second kappa shape index (κ2) is 9.02. The van der Waals surface area contributed by atoms with Crippen molar-refractivity contribution in [1.29, 1.82) is 0 Å². The van der Waals surface area contributed by atoms with E-state index < -0.39 is 0 Å². The van der Waals surface area contributed by atoms with Crippen LogP contribution in [0.5, 0.6) is 0 Å². The van der Waals surface area contributed by atoms with Gasteiger partial charge in [0, 0.05) is 26.0 Å². The van der Waals surface area contributed by atoms with Crippen LogP contribution in [-0.2, 0) is 22.6 Å². The lowest BCUT2D eigenvalue weighted by atomic mass is 10.2. The second-order valence-corrected chi connectivity index (χ2v) is 4.94. The van der Waals surface area contributed by atoms with E-state index in [2.05, 4.69) is 15.6 Å². The molecule has 7 heteroatoms. The zero-order valence-electron chi connectivity index (χ0n) is 11.8. The molecule has 1 aromatic heterocycles. The Bertz CT molecular complexity index is 366. The SMILES string of the molecule is OCCn1cc(CNCCCOCC2CCCO2)nn1. The minimum absolute atomic E-state index is 0.0816. The van der Waals surface area contributed by atoms with E-state index in [0.29, 0.717) is 19.2 Å². The van der Waals surface area contributed by atoms with Crippen LogP contribution in [0.1, 0.15) is 25.0 Å². The molecule has 0 spiro atoms. The molecule has 1 atom stereocenters. The Hall–Kier alpha value is -1.02. The molecule has 114 valence electrons. The molecule has 0 radical (unpaired) electrons. The van der Waals surface area contributed by atoms with Crippen LogP contribution in [0, 0.1) is 0 Å². The van der Waals surface area contributed by atoms with Crippen LogP contribution in [0.4, 0.5) is 0 Å². The molecule has 1 saturated heterocycles. The molecule has 2 N–H and O–H groups in total. The average molecular weight is 284 g/mol. The van der Waals surface area contributed by atoms with E-state index in [1.165, 1.54) is 0 Å².